The van der Waals surface area contributed by atoms with Crippen molar-refractivity contribution in [2.24, 2.45) is 11.7 Å². The molecule has 216 valence electrons. The highest BCUT2D eigenvalue weighted by Gasteiger charge is 2.38. The van der Waals surface area contributed by atoms with E-state index >= 15 is 4.39 Å². The molecule has 0 bridgehead atoms. The second kappa shape index (κ2) is 11.1. The van der Waals surface area contributed by atoms with Crippen molar-refractivity contribution < 1.29 is 22.3 Å². The van der Waals surface area contributed by atoms with Crippen molar-refractivity contribution in [2.45, 2.75) is 44.8 Å². The molecule has 1 aromatic carbocycles. The molecule has 40 heavy (non-hydrogen) atoms. The molecule has 1 atom stereocenters. The number of anilines is 2. The van der Waals surface area contributed by atoms with Crippen molar-refractivity contribution in [3.05, 3.63) is 34.1 Å². The summed E-state index contributed by atoms with van der Waals surface area (Å²) < 4.78 is 64.6. The topological polar surface area (TPSA) is 106 Å². The van der Waals surface area contributed by atoms with Crippen molar-refractivity contribution >= 4 is 34.1 Å². The predicted octanol–water partition coefficient (Wildman–Crippen LogP) is 5.04. The van der Waals surface area contributed by atoms with Crippen LogP contribution in [-0.2, 0) is 6.18 Å². The van der Waals surface area contributed by atoms with E-state index in [9.17, 15) is 13.2 Å². The third kappa shape index (κ3) is 5.48. The summed E-state index contributed by atoms with van der Waals surface area (Å²) in [6.45, 7) is 4.29. The molecule has 4 N–H and O–H groups in total. The van der Waals surface area contributed by atoms with Crippen LogP contribution in [-0.4, -0.2) is 65.7 Å². The van der Waals surface area contributed by atoms with E-state index < -0.39 is 28.8 Å². The van der Waals surface area contributed by atoms with Crippen molar-refractivity contribution in [3.63, 3.8) is 0 Å². The maximum absolute atomic E-state index is 16.4. The minimum atomic E-state index is -4.82. The normalized spacial score (nSPS) is 19.1. The summed E-state index contributed by atoms with van der Waals surface area (Å²) in [7, 11) is 2.00. The van der Waals surface area contributed by atoms with E-state index in [-0.39, 0.29) is 39.4 Å². The number of aryl methyl sites for hydroxylation is 1. The number of piperidine rings is 1. The molecule has 5 rings (SSSR count). The number of rotatable bonds is 6. The van der Waals surface area contributed by atoms with Gasteiger partial charge in [0.05, 0.1) is 21.8 Å². The van der Waals surface area contributed by atoms with E-state index in [1.54, 1.807) is 0 Å². The van der Waals surface area contributed by atoms with Crippen molar-refractivity contribution in [1.29, 1.82) is 0 Å². The van der Waals surface area contributed by atoms with Crippen LogP contribution in [0.2, 0.25) is 5.02 Å². The number of alkyl halides is 3. The fraction of sp³-hybridized carbons (Fsp3) is 0.519. The van der Waals surface area contributed by atoms with Gasteiger partial charge in [-0.25, -0.2) is 9.37 Å². The van der Waals surface area contributed by atoms with Gasteiger partial charge in [0.2, 0.25) is 0 Å². The summed E-state index contributed by atoms with van der Waals surface area (Å²) in [6, 6.07) is 2.59. The summed E-state index contributed by atoms with van der Waals surface area (Å²) in [5.74, 6) is -0.459. The molecule has 13 heteroatoms. The van der Waals surface area contributed by atoms with Gasteiger partial charge in [0.1, 0.15) is 23.8 Å². The van der Waals surface area contributed by atoms with E-state index in [2.05, 4.69) is 19.9 Å². The molecule has 2 fully saturated rings. The summed E-state index contributed by atoms with van der Waals surface area (Å²) in [5.41, 5.74) is 8.94. The van der Waals surface area contributed by atoms with Gasteiger partial charge in [-0.1, -0.05) is 11.6 Å². The third-order valence-corrected chi connectivity index (χ3v) is 8.22. The number of pyridine rings is 1. The smallest absolute Gasteiger partial charge is 0.418 e. The van der Waals surface area contributed by atoms with Crippen molar-refractivity contribution in [2.75, 3.05) is 50.5 Å². The minimum absolute atomic E-state index is 0.0521. The van der Waals surface area contributed by atoms with E-state index in [1.807, 2.05) is 11.9 Å². The number of benzene rings is 1. The Bertz CT molecular complexity index is 1410. The van der Waals surface area contributed by atoms with Gasteiger partial charge in [0.25, 0.3) is 0 Å². The molecule has 2 aliphatic rings. The van der Waals surface area contributed by atoms with Gasteiger partial charge >= 0.3 is 12.2 Å². The Morgan fingerprint density at radius 1 is 1.10 bits per heavy atom. The maximum atomic E-state index is 16.4. The molecule has 2 aromatic heterocycles. The quantitative estimate of drug-likeness (QED) is 0.390. The first-order valence-electron chi connectivity index (χ1n) is 13.3. The first-order chi connectivity index (χ1) is 19.0. The lowest BCUT2D eigenvalue weighted by molar-refractivity contribution is -0.137. The zero-order valence-electron chi connectivity index (χ0n) is 22.4. The van der Waals surface area contributed by atoms with E-state index in [0.29, 0.717) is 38.0 Å². The Morgan fingerprint density at radius 3 is 2.45 bits per heavy atom. The Balaban J connectivity index is 1.67. The van der Waals surface area contributed by atoms with E-state index in [1.165, 1.54) is 13.0 Å². The highest BCUT2D eigenvalue weighted by molar-refractivity contribution is 6.34. The van der Waals surface area contributed by atoms with Crippen LogP contribution in [0.25, 0.3) is 22.2 Å². The molecule has 0 unspecified atom stereocenters. The number of nitrogens with zero attached hydrogens (tertiary/aromatic N) is 5. The molecule has 0 amide bonds. The lowest BCUT2D eigenvalue weighted by atomic mass is 9.96. The number of aromatic nitrogens is 3. The molecule has 4 heterocycles. The molecule has 3 aromatic rings. The average Bonchev–Trinajstić information content (AvgIpc) is 3.30. The van der Waals surface area contributed by atoms with Crippen LogP contribution in [0, 0.1) is 18.7 Å². The number of halogens is 5. The van der Waals surface area contributed by atoms with Crippen LogP contribution in [0.1, 0.15) is 36.8 Å². The number of nitrogen functional groups attached to an aromatic ring is 1. The number of fused-ring (bicyclic) bond motifs is 1. The predicted molar refractivity (Wildman–Crippen MR) is 147 cm³/mol. The van der Waals surface area contributed by atoms with E-state index in [0.717, 1.165) is 38.3 Å². The molecule has 8 nitrogen and oxygen atoms in total. The van der Waals surface area contributed by atoms with Gasteiger partial charge in [-0.05, 0) is 76.4 Å². The lowest BCUT2D eigenvalue weighted by Crippen LogP contribution is -2.37. The molecular weight excluding hydrogens is 550 g/mol. The number of hydrogen-bond donors (Lipinski definition) is 2. The van der Waals surface area contributed by atoms with Gasteiger partial charge in [-0.15, -0.1) is 0 Å². The number of ether oxygens (including phenoxy) is 1. The van der Waals surface area contributed by atoms with E-state index in [4.69, 9.17) is 27.8 Å². The van der Waals surface area contributed by atoms with Gasteiger partial charge in [0, 0.05) is 24.5 Å². The van der Waals surface area contributed by atoms with Crippen LogP contribution in [0.5, 0.6) is 6.01 Å². The summed E-state index contributed by atoms with van der Waals surface area (Å²) in [4.78, 5) is 17.0. The first-order valence-corrected chi connectivity index (χ1v) is 13.7. The van der Waals surface area contributed by atoms with Gasteiger partial charge in [-0.2, -0.15) is 23.1 Å². The number of hydrogen-bond acceptors (Lipinski definition) is 8. The zero-order chi connectivity index (χ0) is 28.8. The Kier molecular flexibility index (Phi) is 7.95. The number of likely N-dealkylation sites (tertiary alicyclic amines) is 1. The molecule has 0 aliphatic carbocycles. The second-order valence-electron chi connectivity index (χ2n) is 10.6. The fourth-order valence-electron chi connectivity index (χ4n) is 5.66. The largest absolute Gasteiger partial charge is 0.462 e. The highest BCUT2D eigenvalue weighted by Crippen LogP contribution is 2.44. The number of likely N-dealkylation sites (N-methyl/N-ethyl adjacent to an activating group) is 1. The van der Waals surface area contributed by atoms with Crippen molar-refractivity contribution in [3.8, 4) is 17.3 Å². The number of nitrogens with two attached hydrogens (primary N) is 2. The fourth-order valence-corrected chi connectivity index (χ4v) is 5.94. The monoisotopic (exact) mass is 581 g/mol. The maximum Gasteiger partial charge on any atom is 0.418 e. The third-order valence-electron chi connectivity index (χ3n) is 7.92. The first kappa shape index (κ1) is 28.6. The molecular formula is C27H32ClF4N7O. The molecule has 0 spiro atoms. The summed E-state index contributed by atoms with van der Waals surface area (Å²) in [5, 5.41) is 0.0212. The molecule has 0 saturated carbocycles. The van der Waals surface area contributed by atoms with Gasteiger partial charge in [-0.3, -0.25) is 0 Å². The van der Waals surface area contributed by atoms with Crippen LogP contribution in [0.3, 0.4) is 0 Å². The Morgan fingerprint density at radius 2 is 1.82 bits per heavy atom. The molecule has 2 saturated heterocycles. The van der Waals surface area contributed by atoms with Gasteiger partial charge < -0.3 is 26.0 Å². The van der Waals surface area contributed by atoms with Crippen LogP contribution < -0.4 is 21.1 Å². The second-order valence-corrected chi connectivity index (χ2v) is 11.0. The highest BCUT2D eigenvalue weighted by atomic mass is 35.5. The Hall–Kier alpha value is -2.96. The van der Waals surface area contributed by atoms with Crippen LogP contribution in [0.15, 0.2) is 12.1 Å². The summed E-state index contributed by atoms with van der Waals surface area (Å²) >= 11 is 6.51. The Labute approximate surface area is 234 Å². The lowest BCUT2D eigenvalue weighted by Gasteiger charge is -2.33. The van der Waals surface area contributed by atoms with Crippen molar-refractivity contribution in [1.82, 2.24) is 19.9 Å². The van der Waals surface area contributed by atoms with Gasteiger partial charge in [0.15, 0.2) is 5.82 Å². The average molecular weight is 582 g/mol. The molecule has 0 radical (unpaired) electrons. The minimum Gasteiger partial charge on any atom is -0.462 e. The van der Waals surface area contributed by atoms with Crippen LogP contribution >= 0.6 is 11.6 Å². The molecule has 2 aliphatic heterocycles. The summed E-state index contributed by atoms with van der Waals surface area (Å²) in [6.07, 6.45) is -1.20. The standard InChI is InChI=1S/C27H32ClF4N7O/c1-14-10-19(34)35-24(21(14)27(30,31)32)20-18(28)11-17-23(22(20)29)36-26(40-13-16-4-3-7-38(16)2)37-25(17)39-8-5-15(12-33)6-9-39/h10-11,15-16H,3-9,12-13,33H2,1-2H3,(H2,34,35)/t16-/m0/s1. The zero-order valence-corrected chi connectivity index (χ0v) is 23.1. The van der Waals surface area contributed by atoms with Crippen LogP contribution in [0.4, 0.5) is 29.2 Å². The SMILES string of the molecule is Cc1cc(N)nc(-c2c(Cl)cc3c(N4CCC(CN)CC4)nc(OC[C@@H]4CCCN4C)nc3c2F)c1C(F)(F)F.